The number of nitrogens with zero attached hydrogens (tertiary/aromatic N) is 1. The Labute approximate surface area is 152 Å². The minimum atomic E-state index is -0.579. The van der Waals surface area contributed by atoms with E-state index in [9.17, 15) is 9.59 Å². The molecule has 136 valence electrons. The van der Waals surface area contributed by atoms with Crippen LogP contribution >= 0.6 is 0 Å². The lowest BCUT2D eigenvalue weighted by atomic mass is 10.1. The number of hydrogen-bond acceptors (Lipinski definition) is 4. The lowest BCUT2D eigenvalue weighted by molar-refractivity contribution is -0.130. The molecule has 2 aromatic carbocycles. The van der Waals surface area contributed by atoms with Crippen molar-refractivity contribution in [3.63, 3.8) is 0 Å². The van der Waals surface area contributed by atoms with Gasteiger partial charge < -0.3 is 19.7 Å². The van der Waals surface area contributed by atoms with E-state index in [0.29, 0.717) is 17.9 Å². The average molecular weight is 354 g/mol. The molecule has 26 heavy (non-hydrogen) atoms. The molecule has 6 heteroatoms. The third kappa shape index (κ3) is 3.96. The topological polar surface area (TPSA) is 67.9 Å². The molecule has 0 spiro atoms. The molecule has 0 bridgehead atoms. The van der Waals surface area contributed by atoms with Gasteiger partial charge in [-0.15, -0.1) is 0 Å². The highest BCUT2D eigenvalue weighted by Gasteiger charge is 2.29. The van der Waals surface area contributed by atoms with Crippen LogP contribution in [0.2, 0.25) is 0 Å². The van der Waals surface area contributed by atoms with Crippen LogP contribution in [0.1, 0.15) is 11.1 Å². The summed E-state index contributed by atoms with van der Waals surface area (Å²) in [5.41, 5.74) is 2.51. The zero-order valence-corrected chi connectivity index (χ0v) is 15.1. The summed E-state index contributed by atoms with van der Waals surface area (Å²) in [6.07, 6.45) is -0.0478. The van der Waals surface area contributed by atoms with Crippen molar-refractivity contribution in [2.45, 2.75) is 19.4 Å². The van der Waals surface area contributed by atoms with E-state index < -0.39 is 6.10 Å². The van der Waals surface area contributed by atoms with E-state index >= 15 is 0 Å². The highest BCUT2D eigenvalue weighted by Crippen LogP contribution is 2.30. The number of ether oxygens (including phenoxy) is 2. The van der Waals surface area contributed by atoms with E-state index in [0.717, 1.165) is 16.9 Å². The number of rotatable bonds is 5. The van der Waals surface area contributed by atoms with Gasteiger partial charge in [-0.05, 0) is 36.2 Å². The lowest BCUT2D eigenvalue weighted by Gasteiger charge is -2.16. The highest BCUT2D eigenvalue weighted by atomic mass is 16.5. The van der Waals surface area contributed by atoms with Crippen molar-refractivity contribution in [1.29, 1.82) is 0 Å². The van der Waals surface area contributed by atoms with Gasteiger partial charge in [-0.25, -0.2) is 0 Å². The summed E-state index contributed by atoms with van der Waals surface area (Å²) >= 11 is 0. The smallest absolute Gasteiger partial charge is 0.265 e. The van der Waals surface area contributed by atoms with E-state index in [2.05, 4.69) is 5.32 Å². The predicted molar refractivity (Wildman–Crippen MR) is 98.6 cm³/mol. The zero-order chi connectivity index (χ0) is 18.7. The van der Waals surface area contributed by atoms with Crippen molar-refractivity contribution in [2.24, 2.45) is 0 Å². The summed E-state index contributed by atoms with van der Waals surface area (Å²) < 4.78 is 11.3. The fourth-order valence-electron chi connectivity index (χ4n) is 2.66. The monoisotopic (exact) mass is 354 g/mol. The van der Waals surface area contributed by atoms with Gasteiger partial charge in [0.25, 0.3) is 11.8 Å². The molecule has 0 aromatic heterocycles. The summed E-state index contributed by atoms with van der Waals surface area (Å²) in [5, 5.41) is 2.85. The second-order valence-electron chi connectivity index (χ2n) is 6.48. The van der Waals surface area contributed by atoms with Gasteiger partial charge in [0.15, 0.2) is 12.7 Å². The maximum atomic E-state index is 12.6. The van der Waals surface area contributed by atoms with Crippen molar-refractivity contribution in [3.05, 3.63) is 53.6 Å². The molecular weight excluding hydrogens is 332 g/mol. The number of benzene rings is 2. The number of aryl methyl sites for hydroxylation is 1. The van der Waals surface area contributed by atoms with Crippen LogP contribution in [0.5, 0.6) is 11.5 Å². The minimum absolute atomic E-state index is 0.0926. The summed E-state index contributed by atoms with van der Waals surface area (Å²) in [6, 6.07) is 13.1. The first-order valence-corrected chi connectivity index (χ1v) is 8.43. The maximum absolute atomic E-state index is 12.6. The Morgan fingerprint density at radius 1 is 1.23 bits per heavy atom. The standard InChI is InChI=1S/C20H22N2O4/c1-13-8-9-15(17(10-13)25-12-19(23)22(2)3)21-20(24)18-11-14-6-4-5-7-16(14)26-18/h4-10,18H,11-12H2,1-3H3,(H,21,24)/t18-/m0/s1. The van der Waals surface area contributed by atoms with Gasteiger partial charge >= 0.3 is 0 Å². The first-order chi connectivity index (χ1) is 12.4. The van der Waals surface area contributed by atoms with Gasteiger partial charge in [0.1, 0.15) is 11.5 Å². The largest absolute Gasteiger partial charge is 0.482 e. The molecule has 0 fully saturated rings. The number of para-hydroxylation sites is 1. The second kappa shape index (κ2) is 7.47. The van der Waals surface area contributed by atoms with E-state index in [1.807, 2.05) is 37.3 Å². The van der Waals surface area contributed by atoms with E-state index in [-0.39, 0.29) is 18.4 Å². The molecule has 1 N–H and O–H groups in total. The molecule has 0 saturated heterocycles. The molecule has 1 aliphatic heterocycles. The Morgan fingerprint density at radius 3 is 2.73 bits per heavy atom. The molecule has 0 unspecified atom stereocenters. The minimum Gasteiger partial charge on any atom is -0.482 e. The summed E-state index contributed by atoms with van der Waals surface area (Å²) in [7, 11) is 3.33. The first-order valence-electron chi connectivity index (χ1n) is 8.43. The number of hydrogen-bond donors (Lipinski definition) is 1. The van der Waals surface area contributed by atoms with Crippen LogP contribution in [0, 0.1) is 6.92 Å². The molecule has 0 radical (unpaired) electrons. The van der Waals surface area contributed by atoms with E-state index in [1.54, 1.807) is 26.2 Å². The molecule has 0 saturated carbocycles. The van der Waals surface area contributed by atoms with E-state index in [4.69, 9.17) is 9.47 Å². The summed E-state index contributed by atoms with van der Waals surface area (Å²) in [5.74, 6) is 0.806. The normalized spacial score (nSPS) is 15.0. The third-order valence-corrected chi connectivity index (χ3v) is 4.18. The van der Waals surface area contributed by atoms with Gasteiger partial charge in [-0.1, -0.05) is 24.3 Å². The van der Waals surface area contributed by atoms with E-state index in [1.165, 1.54) is 4.90 Å². The SMILES string of the molecule is Cc1ccc(NC(=O)[C@@H]2Cc3ccccc3O2)c(OCC(=O)N(C)C)c1. The quantitative estimate of drug-likeness (QED) is 0.895. The second-order valence-corrected chi connectivity index (χ2v) is 6.48. The zero-order valence-electron chi connectivity index (χ0n) is 15.1. The van der Waals surface area contributed by atoms with Crippen LogP contribution in [-0.2, 0) is 16.0 Å². The van der Waals surface area contributed by atoms with Gasteiger partial charge in [0.05, 0.1) is 5.69 Å². The Balaban J connectivity index is 1.69. The Bertz CT molecular complexity index is 807. The number of nitrogens with one attached hydrogen (secondary N) is 1. The van der Waals surface area contributed by atoms with Gasteiger partial charge in [0, 0.05) is 20.5 Å². The molecule has 1 heterocycles. The van der Waals surface area contributed by atoms with Crippen LogP contribution in [0.4, 0.5) is 5.69 Å². The summed E-state index contributed by atoms with van der Waals surface area (Å²) in [6.45, 7) is 1.83. The highest BCUT2D eigenvalue weighted by molar-refractivity contribution is 5.96. The molecule has 0 aliphatic carbocycles. The fraction of sp³-hybridized carbons (Fsp3) is 0.300. The number of likely N-dealkylation sites (N-methyl/N-ethyl adjacent to an activating group) is 1. The van der Waals surface area contributed by atoms with Crippen LogP contribution in [0.15, 0.2) is 42.5 Å². The number of anilines is 1. The van der Waals surface area contributed by atoms with Crippen molar-refractivity contribution >= 4 is 17.5 Å². The molecule has 1 atom stereocenters. The average Bonchev–Trinajstić information content (AvgIpc) is 3.05. The molecule has 3 rings (SSSR count). The van der Waals surface area contributed by atoms with Crippen molar-refractivity contribution in [1.82, 2.24) is 4.90 Å². The van der Waals surface area contributed by atoms with Crippen LogP contribution in [0.3, 0.4) is 0 Å². The van der Waals surface area contributed by atoms with Gasteiger partial charge in [0.2, 0.25) is 0 Å². The molecule has 1 aliphatic rings. The van der Waals surface area contributed by atoms with Crippen LogP contribution in [-0.4, -0.2) is 43.5 Å². The first kappa shape index (κ1) is 17.8. The molecule has 2 aromatic rings. The number of carbonyl (C=O) groups is 2. The van der Waals surface area contributed by atoms with Gasteiger partial charge in [-0.2, -0.15) is 0 Å². The molecular formula is C20H22N2O4. The number of fused-ring (bicyclic) bond motifs is 1. The van der Waals surface area contributed by atoms with Gasteiger partial charge in [-0.3, -0.25) is 9.59 Å². The predicted octanol–water partition coefficient (Wildman–Crippen LogP) is 2.40. The number of amides is 2. The molecule has 2 amide bonds. The molecule has 6 nitrogen and oxygen atoms in total. The lowest BCUT2D eigenvalue weighted by Crippen LogP contribution is -2.32. The Hall–Kier alpha value is -3.02. The third-order valence-electron chi connectivity index (χ3n) is 4.18. The van der Waals surface area contributed by atoms with Crippen LogP contribution < -0.4 is 14.8 Å². The van der Waals surface area contributed by atoms with Crippen molar-refractivity contribution in [3.8, 4) is 11.5 Å². The van der Waals surface area contributed by atoms with Crippen molar-refractivity contribution in [2.75, 3.05) is 26.0 Å². The Morgan fingerprint density at radius 2 is 2.00 bits per heavy atom. The number of carbonyl (C=O) groups excluding carboxylic acids is 2. The Kier molecular flexibility index (Phi) is 5.11. The maximum Gasteiger partial charge on any atom is 0.265 e. The fourth-order valence-corrected chi connectivity index (χ4v) is 2.66. The van der Waals surface area contributed by atoms with Crippen LogP contribution in [0.25, 0.3) is 0 Å². The summed E-state index contributed by atoms with van der Waals surface area (Å²) in [4.78, 5) is 25.8. The van der Waals surface area contributed by atoms with Crippen molar-refractivity contribution < 1.29 is 19.1 Å².